The third kappa shape index (κ3) is 6.55. The molecule has 31 heavy (non-hydrogen) atoms. The monoisotopic (exact) mass is 427 g/mol. The number of hydrogen-bond acceptors (Lipinski definition) is 6. The van der Waals surface area contributed by atoms with Crippen LogP contribution in [0.3, 0.4) is 0 Å². The van der Waals surface area contributed by atoms with Crippen molar-refractivity contribution in [2.24, 2.45) is 0 Å². The number of methoxy groups -OCH3 is 2. The molecular formula is C24H29NO6. The van der Waals surface area contributed by atoms with Gasteiger partial charge >= 0.3 is 0 Å². The average Bonchev–Trinajstić information content (AvgIpc) is 2.83. The first-order valence-corrected chi connectivity index (χ1v) is 10.2. The van der Waals surface area contributed by atoms with E-state index in [1.54, 1.807) is 14.2 Å². The van der Waals surface area contributed by atoms with Gasteiger partial charge in [0.15, 0.2) is 5.76 Å². The van der Waals surface area contributed by atoms with Crippen molar-refractivity contribution >= 4 is 5.91 Å². The molecule has 7 nitrogen and oxygen atoms in total. The van der Waals surface area contributed by atoms with E-state index in [4.69, 9.17) is 18.9 Å². The Morgan fingerprint density at radius 2 is 1.81 bits per heavy atom. The predicted molar refractivity (Wildman–Crippen MR) is 115 cm³/mol. The summed E-state index contributed by atoms with van der Waals surface area (Å²) >= 11 is 0. The van der Waals surface area contributed by atoms with Gasteiger partial charge < -0.3 is 29.4 Å². The molecule has 2 N–H and O–H groups in total. The van der Waals surface area contributed by atoms with Gasteiger partial charge in [-0.15, -0.1) is 0 Å². The Morgan fingerprint density at radius 1 is 1.10 bits per heavy atom. The summed E-state index contributed by atoms with van der Waals surface area (Å²) in [5.41, 5.74) is 2.85. The maximum absolute atomic E-state index is 12.6. The van der Waals surface area contributed by atoms with Crippen molar-refractivity contribution in [1.82, 2.24) is 5.32 Å². The molecule has 2 aromatic carbocycles. The number of hydrogen-bond donors (Lipinski definition) is 2. The number of allylic oxidation sites excluding steroid dienone is 1. The molecular weight excluding hydrogens is 398 g/mol. The van der Waals surface area contributed by atoms with E-state index in [1.165, 1.54) is 0 Å². The van der Waals surface area contributed by atoms with Crippen LogP contribution in [0.1, 0.15) is 29.0 Å². The van der Waals surface area contributed by atoms with E-state index < -0.39 is 6.29 Å². The van der Waals surface area contributed by atoms with Crippen LogP contribution < -0.4 is 10.1 Å². The fourth-order valence-electron chi connectivity index (χ4n) is 3.29. The lowest BCUT2D eigenvalue weighted by Crippen LogP contribution is -2.34. The molecule has 0 bridgehead atoms. The summed E-state index contributed by atoms with van der Waals surface area (Å²) in [5, 5.41) is 12.0. The largest absolute Gasteiger partial charge is 0.497 e. The molecule has 1 aliphatic rings. The number of nitrogens with one attached hydrogen (secondary N) is 1. The van der Waals surface area contributed by atoms with E-state index in [2.05, 4.69) is 5.32 Å². The van der Waals surface area contributed by atoms with Crippen molar-refractivity contribution in [3.05, 3.63) is 77.1 Å². The first-order chi connectivity index (χ1) is 15.1. The summed E-state index contributed by atoms with van der Waals surface area (Å²) in [7, 11) is 3.21. The van der Waals surface area contributed by atoms with Gasteiger partial charge in [0.25, 0.3) is 5.91 Å². The standard InChI is InChI=1S/C24H29NO6/c1-28-12-11-25-24(27)22-13-20(19-7-9-21(29-2)10-8-19)14-23(31-22)30-16-18-5-3-17(15-26)4-6-18/h3-10,13,20,23,26H,11-12,14-16H2,1-2H3,(H,25,27)/t20-,23+/m0/s1. The molecule has 3 rings (SSSR count). The van der Waals surface area contributed by atoms with E-state index in [0.717, 1.165) is 22.4 Å². The van der Waals surface area contributed by atoms with Crippen LogP contribution in [0.2, 0.25) is 0 Å². The minimum Gasteiger partial charge on any atom is -0.497 e. The molecule has 7 heteroatoms. The highest BCUT2D eigenvalue weighted by Crippen LogP contribution is 2.32. The van der Waals surface area contributed by atoms with E-state index in [1.807, 2.05) is 54.6 Å². The lowest BCUT2D eigenvalue weighted by atomic mass is 9.93. The Kier molecular flexibility index (Phi) is 8.46. The SMILES string of the molecule is COCCNC(=O)C1=C[C@H](c2ccc(OC)cc2)C[C@H](OCc2ccc(CO)cc2)O1. The molecule has 2 atom stereocenters. The number of aliphatic hydroxyl groups excluding tert-OH is 1. The maximum Gasteiger partial charge on any atom is 0.286 e. The zero-order chi connectivity index (χ0) is 22.1. The van der Waals surface area contributed by atoms with Crippen LogP contribution in [0, 0.1) is 0 Å². The van der Waals surface area contributed by atoms with E-state index in [0.29, 0.717) is 26.2 Å². The first-order valence-electron chi connectivity index (χ1n) is 10.2. The van der Waals surface area contributed by atoms with E-state index in [9.17, 15) is 9.90 Å². The zero-order valence-electron chi connectivity index (χ0n) is 17.9. The van der Waals surface area contributed by atoms with Crippen LogP contribution in [0.5, 0.6) is 5.75 Å². The Balaban J connectivity index is 1.71. The van der Waals surface area contributed by atoms with Gasteiger partial charge in [0.05, 0.1) is 26.9 Å². The Bertz CT molecular complexity index is 863. The fraction of sp³-hybridized carbons (Fsp3) is 0.375. The maximum atomic E-state index is 12.6. The first kappa shape index (κ1) is 22.8. The minimum atomic E-state index is -0.571. The number of aliphatic hydroxyl groups is 1. The Labute approximate surface area is 182 Å². The number of carbonyl (C=O) groups excluding carboxylic acids is 1. The van der Waals surface area contributed by atoms with Gasteiger partial charge in [0, 0.05) is 26.0 Å². The van der Waals surface area contributed by atoms with Crippen molar-refractivity contribution in [3.8, 4) is 5.75 Å². The summed E-state index contributed by atoms with van der Waals surface area (Å²) in [6, 6.07) is 15.3. The minimum absolute atomic E-state index is 0.00273. The molecule has 2 aromatic rings. The third-order valence-corrected chi connectivity index (χ3v) is 5.06. The highest BCUT2D eigenvalue weighted by atomic mass is 16.7. The summed E-state index contributed by atoms with van der Waals surface area (Å²) in [5.74, 6) is 0.681. The van der Waals surface area contributed by atoms with Crippen molar-refractivity contribution in [2.75, 3.05) is 27.4 Å². The second kappa shape index (κ2) is 11.5. The van der Waals surface area contributed by atoms with Gasteiger partial charge in [-0.1, -0.05) is 36.4 Å². The molecule has 0 saturated heterocycles. The fourth-order valence-corrected chi connectivity index (χ4v) is 3.29. The molecule has 1 heterocycles. The number of rotatable bonds is 10. The van der Waals surface area contributed by atoms with Gasteiger partial charge in [-0.25, -0.2) is 0 Å². The van der Waals surface area contributed by atoms with Crippen LogP contribution in [0.15, 0.2) is 60.4 Å². The molecule has 0 aliphatic carbocycles. The van der Waals surface area contributed by atoms with Gasteiger partial charge in [0.1, 0.15) is 5.75 Å². The zero-order valence-corrected chi connectivity index (χ0v) is 17.9. The van der Waals surface area contributed by atoms with Crippen LogP contribution in [0.25, 0.3) is 0 Å². The van der Waals surface area contributed by atoms with Crippen LogP contribution in [0.4, 0.5) is 0 Å². The lowest BCUT2D eigenvalue weighted by molar-refractivity contribution is -0.150. The lowest BCUT2D eigenvalue weighted by Gasteiger charge is -2.29. The van der Waals surface area contributed by atoms with Gasteiger partial charge in [-0.05, 0) is 34.9 Å². The van der Waals surface area contributed by atoms with E-state index >= 15 is 0 Å². The van der Waals surface area contributed by atoms with Crippen molar-refractivity contribution < 1.29 is 28.8 Å². The molecule has 1 aliphatic heterocycles. The molecule has 0 fully saturated rings. The molecule has 0 saturated carbocycles. The average molecular weight is 427 g/mol. The number of carbonyl (C=O) groups is 1. The quantitative estimate of drug-likeness (QED) is 0.567. The smallest absolute Gasteiger partial charge is 0.286 e. The summed E-state index contributed by atoms with van der Waals surface area (Å²) < 4.78 is 22.1. The number of ether oxygens (including phenoxy) is 4. The van der Waals surface area contributed by atoms with E-state index in [-0.39, 0.29) is 24.2 Å². The van der Waals surface area contributed by atoms with Gasteiger partial charge in [0.2, 0.25) is 6.29 Å². The van der Waals surface area contributed by atoms with Crippen LogP contribution >= 0.6 is 0 Å². The Hall–Kier alpha value is -2.87. The molecule has 0 aromatic heterocycles. The summed E-state index contributed by atoms with van der Waals surface area (Å²) in [6.07, 6.45) is 1.84. The van der Waals surface area contributed by atoms with Gasteiger partial charge in [-0.3, -0.25) is 4.79 Å². The topological polar surface area (TPSA) is 86.3 Å². The van der Waals surface area contributed by atoms with Crippen LogP contribution in [-0.2, 0) is 32.2 Å². The van der Waals surface area contributed by atoms with Crippen molar-refractivity contribution in [3.63, 3.8) is 0 Å². The normalized spacial score (nSPS) is 18.1. The predicted octanol–water partition coefficient (Wildman–Crippen LogP) is 2.88. The second-order valence-electron chi connectivity index (χ2n) is 7.23. The number of amides is 1. The molecule has 0 unspecified atom stereocenters. The summed E-state index contributed by atoms with van der Waals surface area (Å²) in [4.78, 5) is 12.6. The van der Waals surface area contributed by atoms with Crippen molar-refractivity contribution in [1.29, 1.82) is 0 Å². The molecule has 0 radical (unpaired) electrons. The molecule has 1 amide bonds. The van der Waals surface area contributed by atoms with Crippen molar-refractivity contribution in [2.45, 2.75) is 31.8 Å². The summed E-state index contributed by atoms with van der Waals surface area (Å²) in [6.45, 7) is 1.16. The Morgan fingerprint density at radius 3 is 2.45 bits per heavy atom. The number of benzene rings is 2. The molecule has 166 valence electrons. The van der Waals surface area contributed by atoms with Crippen LogP contribution in [-0.4, -0.2) is 44.7 Å². The second-order valence-corrected chi connectivity index (χ2v) is 7.23. The highest BCUT2D eigenvalue weighted by molar-refractivity contribution is 5.91. The third-order valence-electron chi connectivity index (χ3n) is 5.06. The highest BCUT2D eigenvalue weighted by Gasteiger charge is 2.28. The molecule has 0 spiro atoms. The van der Waals surface area contributed by atoms with Gasteiger partial charge in [-0.2, -0.15) is 0 Å².